The lowest BCUT2D eigenvalue weighted by Crippen LogP contribution is -1.84. The van der Waals surface area contributed by atoms with Crippen molar-refractivity contribution in [2.45, 2.75) is 21.3 Å². The van der Waals surface area contributed by atoms with Gasteiger partial charge in [-0.25, -0.2) is 0 Å². The van der Waals surface area contributed by atoms with Crippen LogP contribution in [0.5, 0.6) is 0 Å². The Balaban J connectivity index is 0.000000516. The van der Waals surface area contributed by atoms with E-state index >= 15 is 0 Å². The molecule has 0 aliphatic heterocycles. The van der Waals surface area contributed by atoms with Crippen LogP contribution in [0.1, 0.15) is 32.4 Å². The Morgan fingerprint density at radius 2 is 1.06 bits per heavy atom. The van der Waals surface area contributed by atoms with E-state index in [9.17, 15) is 0 Å². The van der Waals surface area contributed by atoms with Gasteiger partial charge in [-0.15, -0.1) is 5.73 Å². The summed E-state index contributed by atoms with van der Waals surface area (Å²) in [5.74, 6) is 0. The van der Waals surface area contributed by atoms with Crippen LogP contribution in [0.3, 0.4) is 0 Å². The standard InChI is InChI=1S/C15H10.C2H6.CH4/c1-3-10-14-12(6-1)8-5-9-13-7-2-4-11-15(13)14;1-2;/h1-4,6-11H;1-2H3;1H4. The van der Waals surface area contributed by atoms with E-state index in [1.807, 2.05) is 26.0 Å². The Morgan fingerprint density at radius 1 is 0.667 bits per heavy atom. The summed E-state index contributed by atoms with van der Waals surface area (Å²) in [6.07, 6.45) is 4.07. The zero-order valence-corrected chi connectivity index (χ0v) is 10.3. The van der Waals surface area contributed by atoms with Gasteiger partial charge in [0, 0.05) is 0 Å². The van der Waals surface area contributed by atoms with E-state index in [1.165, 1.54) is 22.3 Å². The lowest BCUT2D eigenvalue weighted by atomic mass is 9.97. The predicted molar refractivity (Wildman–Crippen MR) is 82.4 cm³/mol. The minimum atomic E-state index is 0. The minimum absolute atomic E-state index is 0. The van der Waals surface area contributed by atoms with Crippen LogP contribution in [-0.4, -0.2) is 0 Å². The van der Waals surface area contributed by atoms with Crippen LogP contribution >= 0.6 is 0 Å². The molecule has 3 rings (SSSR count). The van der Waals surface area contributed by atoms with Gasteiger partial charge < -0.3 is 0 Å². The predicted octanol–water partition coefficient (Wildman–Crippen LogP) is 5.65. The molecule has 0 unspecified atom stereocenters. The Morgan fingerprint density at radius 3 is 1.50 bits per heavy atom. The Kier molecular flexibility index (Phi) is 5.17. The quantitative estimate of drug-likeness (QED) is 0.442. The molecule has 0 aromatic heterocycles. The minimum Gasteiger partial charge on any atom is -0.120 e. The summed E-state index contributed by atoms with van der Waals surface area (Å²) in [5.41, 5.74) is 8.25. The maximum Gasteiger partial charge on any atom is -0.00990 e. The molecule has 0 saturated heterocycles. The van der Waals surface area contributed by atoms with Crippen molar-refractivity contribution >= 4 is 12.2 Å². The van der Waals surface area contributed by atoms with Gasteiger partial charge in [-0.2, -0.15) is 0 Å². The van der Waals surface area contributed by atoms with Crippen molar-refractivity contribution in [3.63, 3.8) is 0 Å². The summed E-state index contributed by atoms with van der Waals surface area (Å²) in [6, 6.07) is 16.8. The van der Waals surface area contributed by atoms with Crippen molar-refractivity contribution in [2.24, 2.45) is 0 Å². The van der Waals surface area contributed by atoms with Gasteiger partial charge >= 0.3 is 0 Å². The third-order valence-corrected chi connectivity index (χ3v) is 2.69. The highest BCUT2D eigenvalue weighted by Crippen LogP contribution is 2.30. The summed E-state index contributed by atoms with van der Waals surface area (Å²) in [4.78, 5) is 0. The van der Waals surface area contributed by atoms with Crippen LogP contribution in [0.2, 0.25) is 0 Å². The molecule has 0 nitrogen and oxygen atoms in total. The van der Waals surface area contributed by atoms with Crippen LogP contribution in [0.4, 0.5) is 0 Å². The van der Waals surface area contributed by atoms with Gasteiger partial charge in [-0.3, -0.25) is 0 Å². The van der Waals surface area contributed by atoms with Gasteiger partial charge in [-0.05, 0) is 34.4 Å². The fourth-order valence-corrected chi connectivity index (χ4v) is 1.96. The monoisotopic (exact) mass is 236 g/mol. The zero-order valence-electron chi connectivity index (χ0n) is 10.3. The highest BCUT2D eigenvalue weighted by Gasteiger charge is 2.06. The van der Waals surface area contributed by atoms with E-state index in [4.69, 9.17) is 0 Å². The van der Waals surface area contributed by atoms with Gasteiger partial charge in [0.15, 0.2) is 0 Å². The van der Waals surface area contributed by atoms with E-state index < -0.39 is 0 Å². The number of benzene rings is 2. The van der Waals surface area contributed by atoms with Gasteiger partial charge in [0.2, 0.25) is 0 Å². The normalized spacial score (nSPS) is 10.1. The van der Waals surface area contributed by atoms with Gasteiger partial charge in [0.05, 0.1) is 0 Å². The number of fused-ring (bicyclic) bond motifs is 3. The Labute approximate surface area is 110 Å². The van der Waals surface area contributed by atoms with Crippen molar-refractivity contribution < 1.29 is 0 Å². The average molecular weight is 236 g/mol. The molecule has 0 bridgehead atoms. The first-order valence-corrected chi connectivity index (χ1v) is 6.06. The molecule has 92 valence electrons. The fraction of sp³-hybridized carbons (Fsp3) is 0.167. The van der Waals surface area contributed by atoms with E-state index in [1.54, 1.807) is 0 Å². The molecule has 0 N–H and O–H groups in total. The number of hydrogen-bond donors (Lipinski definition) is 0. The van der Waals surface area contributed by atoms with Crippen molar-refractivity contribution in [2.75, 3.05) is 0 Å². The zero-order chi connectivity index (χ0) is 12.1. The second-order valence-electron chi connectivity index (χ2n) is 3.63. The first-order valence-electron chi connectivity index (χ1n) is 6.06. The summed E-state index contributed by atoms with van der Waals surface area (Å²) < 4.78 is 0. The lowest BCUT2D eigenvalue weighted by molar-refractivity contribution is 1.50. The van der Waals surface area contributed by atoms with Crippen molar-refractivity contribution in [3.05, 3.63) is 65.4 Å². The van der Waals surface area contributed by atoms with Crippen LogP contribution in [-0.2, 0) is 0 Å². The SMILES string of the molecule is C.C1=Cc2ccccc2-c2ccccc2C=1.CC. The van der Waals surface area contributed by atoms with Gasteiger partial charge in [-0.1, -0.05) is 69.8 Å². The highest BCUT2D eigenvalue weighted by atomic mass is 14.1. The van der Waals surface area contributed by atoms with E-state index in [-0.39, 0.29) is 7.43 Å². The summed E-state index contributed by atoms with van der Waals surface area (Å²) in [7, 11) is 0. The second kappa shape index (κ2) is 6.64. The Hall–Kier alpha value is -2.04. The smallest absolute Gasteiger partial charge is 0.00990 e. The van der Waals surface area contributed by atoms with E-state index in [2.05, 4.69) is 54.3 Å². The molecule has 2 aromatic carbocycles. The molecule has 0 atom stereocenters. The fourth-order valence-electron chi connectivity index (χ4n) is 1.96. The molecule has 0 spiro atoms. The van der Waals surface area contributed by atoms with Crippen molar-refractivity contribution in [1.29, 1.82) is 0 Å². The molecule has 2 aromatic rings. The molecule has 18 heavy (non-hydrogen) atoms. The lowest BCUT2D eigenvalue weighted by Gasteiger charge is -2.07. The molecule has 1 aliphatic carbocycles. The topological polar surface area (TPSA) is 0 Å². The molecule has 0 fully saturated rings. The van der Waals surface area contributed by atoms with Crippen LogP contribution in [0.25, 0.3) is 23.3 Å². The third kappa shape index (κ3) is 2.61. The van der Waals surface area contributed by atoms with Crippen LogP contribution in [0.15, 0.2) is 54.3 Å². The van der Waals surface area contributed by atoms with Crippen LogP contribution < -0.4 is 0 Å². The average Bonchev–Trinajstić information content (AvgIpc) is 2.60. The molecule has 0 radical (unpaired) electrons. The van der Waals surface area contributed by atoms with Crippen molar-refractivity contribution in [1.82, 2.24) is 0 Å². The first kappa shape index (κ1) is 14.0. The number of hydrogen-bond acceptors (Lipinski definition) is 0. The summed E-state index contributed by atoms with van der Waals surface area (Å²) >= 11 is 0. The summed E-state index contributed by atoms with van der Waals surface area (Å²) in [5, 5.41) is 0. The summed E-state index contributed by atoms with van der Waals surface area (Å²) in [6.45, 7) is 4.00. The third-order valence-electron chi connectivity index (χ3n) is 2.69. The van der Waals surface area contributed by atoms with Gasteiger partial charge in [0.25, 0.3) is 0 Å². The highest BCUT2D eigenvalue weighted by molar-refractivity contribution is 5.84. The maximum atomic E-state index is 3.21. The Bertz CT molecular complexity index is 521. The molecular weight excluding hydrogens is 216 g/mol. The van der Waals surface area contributed by atoms with Gasteiger partial charge in [0.1, 0.15) is 0 Å². The van der Waals surface area contributed by atoms with E-state index in [0.29, 0.717) is 0 Å². The molecule has 0 amide bonds. The molecule has 0 saturated carbocycles. The van der Waals surface area contributed by atoms with Crippen LogP contribution in [0, 0.1) is 0 Å². The molecule has 1 aliphatic rings. The molecular formula is C18H20. The second-order valence-corrected chi connectivity index (χ2v) is 3.63. The number of rotatable bonds is 0. The maximum absolute atomic E-state index is 3.21. The van der Waals surface area contributed by atoms with Crippen molar-refractivity contribution in [3.8, 4) is 11.1 Å². The molecule has 0 heteroatoms. The van der Waals surface area contributed by atoms with E-state index in [0.717, 1.165) is 0 Å². The largest absolute Gasteiger partial charge is 0.120 e. The first-order chi connectivity index (χ1) is 8.45. The molecule has 0 heterocycles.